The highest BCUT2D eigenvalue weighted by atomic mass is 35.5. The summed E-state index contributed by atoms with van der Waals surface area (Å²) in [6.45, 7) is 5.38. The molecule has 1 unspecified atom stereocenters. The van der Waals surface area contributed by atoms with Gasteiger partial charge >= 0.3 is 0 Å². The van der Waals surface area contributed by atoms with Crippen molar-refractivity contribution >= 4 is 29.1 Å². The Balaban J connectivity index is 2.86. The van der Waals surface area contributed by atoms with Crippen molar-refractivity contribution in [3.05, 3.63) is 40.7 Å². The van der Waals surface area contributed by atoms with Gasteiger partial charge in [0.05, 0.1) is 0 Å². The molecular formula is C10H10Cl2N2O. The fourth-order valence-corrected chi connectivity index (χ4v) is 1.41. The average molecular weight is 245 g/mol. The highest BCUT2D eigenvalue weighted by Crippen LogP contribution is 2.14. The number of carbonyl (C=O) groups excluding carboxylic acids is 1. The van der Waals surface area contributed by atoms with Crippen LogP contribution in [0, 0.1) is 0 Å². The maximum atomic E-state index is 11.6. The van der Waals surface area contributed by atoms with Gasteiger partial charge in [0.15, 0.2) is 0 Å². The Labute approximate surface area is 98.1 Å². The molecule has 0 spiro atoms. The second-order valence-corrected chi connectivity index (χ2v) is 3.77. The van der Waals surface area contributed by atoms with Crippen molar-refractivity contribution in [3.8, 4) is 0 Å². The number of aromatic nitrogens is 1. The number of halogens is 2. The van der Waals surface area contributed by atoms with Crippen LogP contribution in [0.15, 0.2) is 24.8 Å². The molecule has 1 atom stereocenters. The summed E-state index contributed by atoms with van der Waals surface area (Å²) in [6.07, 6.45) is 1.63. The molecular weight excluding hydrogens is 235 g/mol. The van der Waals surface area contributed by atoms with E-state index in [9.17, 15) is 4.79 Å². The van der Waals surface area contributed by atoms with Gasteiger partial charge in [-0.1, -0.05) is 29.3 Å². The molecule has 1 heterocycles. The third-order valence-electron chi connectivity index (χ3n) is 1.74. The predicted octanol–water partition coefficient (Wildman–Crippen LogP) is 2.69. The maximum Gasteiger partial charge on any atom is 0.251 e. The standard InChI is InChI=1S/C10H10Cl2N2O/c1-3-6(2)13-10(15)7-4-8(11)14-9(12)5-7/h3-6H,1H2,2H3,(H,13,15). The normalized spacial score (nSPS) is 11.9. The van der Waals surface area contributed by atoms with Crippen LogP contribution in [0.5, 0.6) is 0 Å². The van der Waals surface area contributed by atoms with E-state index < -0.39 is 0 Å². The van der Waals surface area contributed by atoms with E-state index in [1.807, 2.05) is 6.92 Å². The first kappa shape index (κ1) is 12.0. The molecule has 0 aliphatic rings. The fourth-order valence-electron chi connectivity index (χ4n) is 0.945. The van der Waals surface area contributed by atoms with Gasteiger partial charge in [0.25, 0.3) is 5.91 Å². The molecule has 0 saturated heterocycles. The molecule has 0 saturated carbocycles. The Morgan fingerprint density at radius 2 is 2.07 bits per heavy atom. The summed E-state index contributed by atoms with van der Waals surface area (Å²) in [5.74, 6) is -0.256. The molecule has 0 aliphatic heterocycles. The van der Waals surface area contributed by atoms with Gasteiger partial charge in [-0.25, -0.2) is 4.98 Å². The number of carbonyl (C=O) groups is 1. The van der Waals surface area contributed by atoms with E-state index in [2.05, 4.69) is 16.9 Å². The van der Waals surface area contributed by atoms with Crippen LogP contribution in [0.25, 0.3) is 0 Å². The first-order valence-corrected chi connectivity index (χ1v) is 5.05. The maximum absolute atomic E-state index is 11.6. The minimum Gasteiger partial charge on any atom is -0.346 e. The highest BCUT2D eigenvalue weighted by Gasteiger charge is 2.09. The van der Waals surface area contributed by atoms with Crippen LogP contribution in [0.4, 0.5) is 0 Å². The minimum atomic E-state index is -0.256. The van der Waals surface area contributed by atoms with Crippen molar-refractivity contribution in [3.63, 3.8) is 0 Å². The average Bonchev–Trinajstić information content (AvgIpc) is 2.16. The van der Waals surface area contributed by atoms with E-state index in [1.54, 1.807) is 6.08 Å². The van der Waals surface area contributed by atoms with Gasteiger partial charge < -0.3 is 5.32 Å². The molecule has 0 aliphatic carbocycles. The van der Waals surface area contributed by atoms with Gasteiger partial charge in [0.1, 0.15) is 10.3 Å². The molecule has 5 heteroatoms. The van der Waals surface area contributed by atoms with Crippen molar-refractivity contribution < 1.29 is 4.79 Å². The van der Waals surface area contributed by atoms with Crippen LogP contribution in [-0.4, -0.2) is 16.9 Å². The number of nitrogens with one attached hydrogen (secondary N) is 1. The van der Waals surface area contributed by atoms with Gasteiger partial charge in [-0.3, -0.25) is 4.79 Å². The van der Waals surface area contributed by atoms with Gasteiger partial charge in [-0.2, -0.15) is 0 Å². The Morgan fingerprint density at radius 1 is 1.53 bits per heavy atom. The molecule has 1 aromatic rings. The summed E-state index contributed by atoms with van der Waals surface area (Å²) in [5.41, 5.74) is 0.383. The van der Waals surface area contributed by atoms with Crippen molar-refractivity contribution in [2.24, 2.45) is 0 Å². The van der Waals surface area contributed by atoms with Gasteiger partial charge in [-0.15, -0.1) is 6.58 Å². The second-order valence-electron chi connectivity index (χ2n) is 3.00. The molecule has 0 aromatic carbocycles. The number of amides is 1. The van der Waals surface area contributed by atoms with E-state index >= 15 is 0 Å². The number of hydrogen-bond acceptors (Lipinski definition) is 2. The molecule has 1 N–H and O–H groups in total. The third-order valence-corrected chi connectivity index (χ3v) is 2.12. The van der Waals surface area contributed by atoms with E-state index in [4.69, 9.17) is 23.2 Å². The first-order valence-electron chi connectivity index (χ1n) is 4.29. The number of pyridine rings is 1. The summed E-state index contributed by atoms with van der Waals surface area (Å²) in [4.78, 5) is 15.4. The molecule has 0 bridgehead atoms. The number of nitrogens with zero attached hydrogens (tertiary/aromatic N) is 1. The van der Waals surface area contributed by atoms with E-state index in [0.717, 1.165) is 0 Å². The Hall–Kier alpha value is -1.06. The summed E-state index contributed by atoms with van der Waals surface area (Å²) in [5, 5.41) is 3.09. The van der Waals surface area contributed by atoms with E-state index in [-0.39, 0.29) is 22.3 Å². The summed E-state index contributed by atoms with van der Waals surface area (Å²) in [6, 6.07) is 2.81. The second kappa shape index (κ2) is 5.14. The van der Waals surface area contributed by atoms with Gasteiger partial charge in [0, 0.05) is 11.6 Å². The van der Waals surface area contributed by atoms with Crippen LogP contribution in [-0.2, 0) is 0 Å². The third kappa shape index (κ3) is 3.53. The van der Waals surface area contributed by atoms with Crippen LogP contribution >= 0.6 is 23.2 Å². The Morgan fingerprint density at radius 3 is 2.53 bits per heavy atom. The molecule has 3 nitrogen and oxygen atoms in total. The molecule has 1 amide bonds. The highest BCUT2D eigenvalue weighted by molar-refractivity contribution is 6.33. The van der Waals surface area contributed by atoms with Crippen LogP contribution in [0.1, 0.15) is 17.3 Å². The largest absolute Gasteiger partial charge is 0.346 e. The molecule has 0 radical (unpaired) electrons. The summed E-state index contributed by atoms with van der Waals surface area (Å²) < 4.78 is 0. The predicted molar refractivity (Wildman–Crippen MR) is 61.4 cm³/mol. The lowest BCUT2D eigenvalue weighted by Crippen LogP contribution is -2.30. The zero-order valence-corrected chi connectivity index (χ0v) is 9.64. The molecule has 1 rings (SSSR count). The smallest absolute Gasteiger partial charge is 0.251 e. The molecule has 1 aromatic heterocycles. The lowest BCUT2D eigenvalue weighted by Gasteiger charge is -2.09. The Bertz CT molecular complexity index is 373. The summed E-state index contributed by atoms with van der Waals surface area (Å²) >= 11 is 11.3. The van der Waals surface area contributed by atoms with Crippen LogP contribution in [0.3, 0.4) is 0 Å². The van der Waals surface area contributed by atoms with Crippen molar-refractivity contribution in [1.82, 2.24) is 10.3 Å². The van der Waals surface area contributed by atoms with Crippen LogP contribution < -0.4 is 5.32 Å². The zero-order chi connectivity index (χ0) is 11.4. The van der Waals surface area contributed by atoms with E-state index in [1.165, 1.54) is 12.1 Å². The Kier molecular flexibility index (Phi) is 4.12. The van der Waals surface area contributed by atoms with Gasteiger partial charge in [0.2, 0.25) is 0 Å². The van der Waals surface area contributed by atoms with Gasteiger partial charge in [-0.05, 0) is 19.1 Å². The molecule has 15 heavy (non-hydrogen) atoms. The number of rotatable bonds is 3. The topological polar surface area (TPSA) is 42.0 Å². The zero-order valence-electron chi connectivity index (χ0n) is 8.13. The quantitative estimate of drug-likeness (QED) is 0.657. The monoisotopic (exact) mass is 244 g/mol. The van der Waals surface area contributed by atoms with E-state index in [0.29, 0.717) is 5.56 Å². The van der Waals surface area contributed by atoms with Crippen molar-refractivity contribution in [1.29, 1.82) is 0 Å². The SMILES string of the molecule is C=CC(C)NC(=O)c1cc(Cl)nc(Cl)c1. The first-order chi connectivity index (χ1) is 7.02. The van der Waals surface area contributed by atoms with Crippen molar-refractivity contribution in [2.75, 3.05) is 0 Å². The fraction of sp³-hybridized carbons (Fsp3) is 0.200. The summed E-state index contributed by atoms with van der Waals surface area (Å²) in [7, 11) is 0. The minimum absolute atomic E-state index is 0.108. The number of hydrogen-bond donors (Lipinski definition) is 1. The van der Waals surface area contributed by atoms with Crippen molar-refractivity contribution in [2.45, 2.75) is 13.0 Å². The lowest BCUT2D eigenvalue weighted by molar-refractivity contribution is 0.0947. The van der Waals surface area contributed by atoms with Crippen LogP contribution in [0.2, 0.25) is 10.3 Å². The lowest BCUT2D eigenvalue weighted by atomic mass is 10.2. The molecule has 0 fully saturated rings. The molecule has 80 valence electrons.